The number of piperidine rings is 1. The van der Waals surface area contributed by atoms with Crippen LogP contribution in [0.15, 0.2) is 30.3 Å². The van der Waals surface area contributed by atoms with Gasteiger partial charge in [-0.2, -0.15) is 0 Å². The summed E-state index contributed by atoms with van der Waals surface area (Å²) in [7, 11) is 0. The van der Waals surface area contributed by atoms with E-state index in [9.17, 15) is 14.4 Å². The number of benzene rings is 1. The minimum atomic E-state index is -0.681. The molecule has 1 saturated carbocycles. The zero-order chi connectivity index (χ0) is 21.3. The van der Waals surface area contributed by atoms with Crippen molar-refractivity contribution < 1.29 is 14.4 Å². The molecule has 30 heavy (non-hydrogen) atoms. The van der Waals surface area contributed by atoms with E-state index in [0.717, 1.165) is 18.5 Å². The lowest BCUT2D eigenvalue weighted by Gasteiger charge is -2.43. The quantitative estimate of drug-likeness (QED) is 0.774. The number of nitrogens with zero attached hydrogens (tertiary/aromatic N) is 3. The highest BCUT2D eigenvalue weighted by Gasteiger charge is 2.54. The summed E-state index contributed by atoms with van der Waals surface area (Å²) < 4.78 is 0. The van der Waals surface area contributed by atoms with Gasteiger partial charge >= 0.3 is 0 Å². The van der Waals surface area contributed by atoms with E-state index in [1.54, 1.807) is 4.90 Å². The molecule has 7 nitrogen and oxygen atoms in total. The highest BCUT2D eigenvalue weighted by molar-refractivity contribution is 5.96. The van der Waals surface area contributed by atoms with Crippen molar-refractivity contribution >= 4 is 23.4 Å². The molecule has 1 aliphatic carbocycles. The molecule has 0 unspecified atom stereocenters. The number of anilines is 1. The molecular formula is C23H32N4O3. The first-order valence-corrected chi connectivity index (χ1v) is 11.1. The van der Waals surface area contributed by atoms with E-state index in [2.05, 4.69) is 10.2 Å². The molecule has 1 aromatic carbocycles. The molecular weight excluding hydrogens is 380 g/mol. The second-order valence-corrected chi connectivity index (χ2v) is 9.24. The monoisotopic (exact) mass is 412 g/mol. The largest absolute Gasteiger partial charge is 0.354 e. The van der Waals surface area contributed by atoms with Crippen molar-refractivity contribution in [1.82, 2.24) is 15.1 Å². The van der Waals surface area contributed by atoms with Crippen LogP contribution in [0, 0.1) is 11.8 Å². The fraction of sp³-hybridized carbons (Fsp3) is 0.609. The van der Waals surface area contributed by atoms with E-state index in [4.69, 9.17) is 0 Å². The lowest BCUT2D eigenvalue weighted by atomic mass is 9.85. The molecule has 3 aliphatic rings. The van der Waals surface area contributed by atoms with E-state index in [1.165, 1.54) is 0 Å². The zero-order valence-corrected chi connectivity index (χ0v) is 18.0. The maximum absolute atomic E-state index is 13.6. The average molecular weight is 413 g/mol. The van der Waals surface area contributed by atoms with Crippen molar-refractivity contribution in [3.05, 3.63) is 30.3 Å². The maximum Gasteiger partial charge on any atom is 0.250 e. The Balaban J connectivity index is 1.51. The predicted octanol–water partition coefficient (Wildman–Crippen LogP) is 1.84. The molecule has 2 saturated heterocycles. The smallest absolute Gasteiger partial charge is 0.250 e. The molecule has 1 aromatic rings. The molecule has 1 N–H and O–H groups in total. The van der Waals surface area contributed by atoms with Gasteiger partial charge in [-0.1, -0.05) is 32.0 Å². The molecule has 0 atom stereocenters. The average Bonchev–Trinajstić information content (AvgIpc) is 3.57. The topological polar surface area (TPSA) is 73.0 Å². The molecule has 3 fully saturated rings. The summed E-state index contributed by atoms with van der Waals surface area (Å²) in [6.07, 6.45) is 3.19. The normalized spacial score (nSPS) is 20.9. The lowest BCUT2D eigenvalue weighted by Crippen LogP contribution is -2.57. The summed E-state index contributed by atoms with van der Waals surface area (Å²) in [5, 5.41) is 2.91. The molecule has 0 aromatic heterocycles. The predicted molar refractivity (Wildman–Crippen MR) is 115 cm³/mol. The Morgan fingerprint density at radius 3 is 2.40 bits per heavy atom. The molecule has 0 bridgehead atoms. The third-order valence-corrected chi connectivity index (χ3v) is 6.45. The van der Waals surface area contributed by atoms with Crippen LogP contribution in [0.25, 0.3) is 0 Å². The number of hydrogen-bond donors (Lipinski definition) is 1. The van der Waals surface area contributed by atoms with Crippen molar-refractivity contribution in [2.75, 3.05) is 37.7 Å². The number of para-hydroxylation sites is 1. The molecule has 7 heteroatoms. The Morgan fingerprint density at radius 2 is 1.80 bits per heavy atom. The third kappa shape index (κ3) is 4.02. The van der Waals surface area contributed by atoms with Crippen molar-refractivity contribution in [3.8, 4) is 0 Å². The van der Waals surface area contributed by atoms with E-state index in [-0.39, 0.29) is 30.2 Å². The summed E-state index contributed by atoms with van der Waals surface area (Å²) in [4.78, 5) is 44.2. The minimum absolute atomic E-state index is 0.00423. The van der Waals surface area contributed by atoms with Gasteiger partial charge in [-0.05, 0) is 43.7 Å². The van der Waals surface area contributed by atoms with Gasteiger partial charge in [0, 0.05) is 31.2 Å². The number of rotatable bonds is 6. The second-order valence-electron chi connectivity index (χ2n) is 9.24. The summed E-state index contributed by atoms with van der Waals surface area (Å²) in [5.41, 5.74) is 0.304. The zero-order valence-electron chi connectivity index (χ0n) is 18.0. The number of carbonyl (C=O) groups excluding carboxylic acids is 3. The standard InChI is InChI=1S/C23H32N4O3/c1-17(2)14-24-20(28)15-26-16-27(19-6-4-3-5-7-19)23(22(26)30)10-12-25(13-11-23)21(29)18-8-9-18/h3-7,17-18H,8-16H2,1-2H3,(H,24,28). The fourth-order valence-electron chi connectivity index (χ4n) is 4.56. The first-order valence-electron chi connectivity index (χ1n) is 11.1. The Labute approximate surface area is 178 Å². The van der Waals surface area contributed by atoms with Gasteiger partial charge in [0.1, 0.15) is 12.1 Å². The van der Waals surface area contributed by atoms with Gasteiger partial charge in [-0.25, -0.2) is 0 Å². The molecule has 2 aliphatic heterocycles. The minimum Gasteiger partial charge on any atom is -0.354 e. The van der Waals surface area contributed by atoms with Gasteiger partial charge in [0.25, 0.3) is 5.91 Å². The van der Waals surface area contributed by atoms with Crippen LogP contribution in [-0.2, 0) is 14.4 Å². The fourth-order valence-corrected chi connectivity index (χ4v) is 4.56. The van der Waals surface area contributed by atoms with E-state index in [1.807, 2.05) is 49.1 Å². The van der Waals surface area contributed by atoms with Crippen LogP contribution in [0.1, 0.15) is 39.5 Å². The van der Waals surface area contributed by atoms with Crippen LogP contribution in [0.5, 0.6) is 0 Å². The number of carbonyl (C=O) groups is 3. The van der Waals surface area contributed by atoms with Gasteiger partial charge in [-0.3, -0.25) is 14.4 Å². The van der Waals surface area contributed by atoms with Crippen LogP contribution in [0.4, 0.5) is 5.69 Å². The van der Waals surface area contributed by atoms with Crippen LogP contribution in [0.3, 0.4) is 0 Å². The SMILES string of the molecule is CC(C)CNC(=O)CN1CN(c2ccccc2)C2(CCN(C(=O)C3CC3)CC2)C1=O. The first kappa shape index (κ1) is 20.7. The van der Waals surface area contributed by atoms with E-state index in [0.29, 0.717) is 45.1 Å². The van der Waals surface area contributed by atoms with E-state index >= 15 is 0 Å². The van der Waals surface area contributed by atoms with Crippen LogP contribution in [0.2, 0.25) is 0 Å². The highest BCUT2D eigenvalue weighted by atomic mass is 16.2. The molecule has 162 valence electrons. The second kappa shape index (κ2) is 8.28. The van der Waals surface area contributed by atoms with Crippen molar-refractivity contribution in [3.63, 3.8) is 0 Å². The molecule has 2 heterocycles. The molecule has 4 rings (SSSR count). The number of likely N-dealkylation sites (tertiary alicyclic amines) is 1. The van der Waals surface area contributed by atoms with Gasteiger partial charge < -0.3 is 20.0 Å². The van der Waals surface area contributed by atoms with Gasteiger partial charge in [0.15, 0.2) is 0 Å². The van der Waals surface area contributed by atoms with Crippen LogP contribution in [-0.4, -0.2) is 65.9 Å². The van der Waals surface area contributed by atoms with E-state index < -0.39 is 5.54 Å². The maximum atomic E-state index is 13.6. The Bertz CT molecular complexity index is 798. The Kier molecular flexibility index (Phi) is 5.71. The Morgan fingerprint density at radius 1 is 1.13 bits per heavy atom. The summed E-state index contributed by atoms with van der Waals surface area (Å²) >= 11 is 0. The highest BCUT2D eigenvalue weighted by Crippen LogP contribution is 2.40. The van der Waals surface area contributed by atoms with Crippen LogP contribution < -0.4 is 10.2 Å². The van der Waals surface area contributed by atoms with Crippen molar-refractivity contribution in [1.29, 1.82) is 0 Å². The summed E-state index contributed by atoms with van der Waals surface area (Å²) in [5.74, 6) is 0.688. The number of hydrogen-bond acceptors (Lipinski definition) is 4. The number of nitrogens with one attached hydrogen (secondary N) is 1. The van der Waals surface area contributed by atoms with Gasteiger partial charge in [0.05, 0.1) is 6.67 Å². The lowest BCUT2D eigenvalue weighted by molar-refractivity contribution is -0.140. The van der Waals surface area contributed by atoms with Gasteiger partial charge in [0.2, 0.25) is 11.8 Å². The van der Waals surface area contributed by atoms with Gasteiger partial charge in [-0.15, -0.1) is 0 Å². The van der Waals surface area contributed by atoms with Crippen molar-refractivity contribution in [2.24, 2.45) is 11.8 Å². The Hall–Kier alpha value is -2.57. The number of amides is 3. The van der Waals surface area contributed by atoms with Crippen molar-refractivity contribution in [2.45, 2.75) is 45.1 Å². The van der Waals surface area contributed by atoms with Crippen LogP contribution >= 0.6 is 0 Å². The molecule has 0 radical (unpaired) electrons. The molecule has 3 amide bonds. The molecule has 1 spiro atoms. The first-order chi connectivity index (χ1) is 14.4. The summed E-state index contributed by atoms with van der Waals surface area (Å²) in [6, 6.07) is 9.93. The third-order valence-electron chi connectivity index (χ3n) is 6.45. The summed E-state index contributed by atoms with van der Waals surface area (Å²) in [6.45, 7) is 6.35.